The maximum Gasteiger partial charge on any atom is 0.311 e. The van der Waals surface area contributed by atoms with Gasteiger partial charge in [-0.2, -0.15) is 0 Å². The Balaban J connectivity index is 1.54. The summed E-state index contributed by atoms with van der Waals surface area (Å²) in [5.74, 6) is -7.81. The molecule has 1 aromatic carbocycles. The second-order valence-electron chi connectivity index (χ2n) is 21.2. The number of benzene rings is 1. The molecular weight excluding hydrogens is 1030 g/mol. The molecule has 79 heavy (non-hydrogen) atoms. The van der Waals surface area contributed by atoms with Gasteiger partial charge in [0.1, 0.15) is 23.9 Å². The highest BCUT2D eigenvalue weighted by Crippen LogP contribution is 2.38. The third kappa shape index (κ3) is 23.1. The number of esters is 1. The molecule has 21 heteroatoms. The first-order valence-corrected chi connectivity index (χ1v) is 26.9. The zero-order chi connectivity index (χ0) is 58.4. The number of hydrogen-bond acceptors (Lipinski definition) is 20. The van der Waals surface area contributed by atoms with Crippen LogP contribution in [0.4, 0.5) is 5.69 Å². The number of carbonyl (C=O) groups is 4. The Morgan fingerprint density at radius 3 is 1.85 bits per heavy atom. The summed E-state index contributed by atoms with van der Waals surface area (Å²) in [6.45, 7) is 5.20. The Hall–Kier alpha value is -5.08. The molecule has 3 heterocycles. The van der Waals surface area contributed by atoms with Crippen LogP contribution < -0.4 is 11.5 Å². The molecule has 0 aliphatic carbocycles. The molecule has 1 aromatic rings. The van der Waals surface area contributed by atoms with Crippen molar-refractivity contribution in [2.45, 2.75) is 195 Å². The number of aliphatic hydroxyl groups is 10. The van der Waals surface area contributed by atoms with Gasteiger partial charge in [-0.25, -0.2) is 0 Å². The first-order chi connectivity index (χ1) is 37.3. The van der Waals surface area contributed by atoms with Gasteiger partial charge in [0.25, 0.3) is 0 Å². The molecule has 440 valence electrons. The molecule has 0 radical (unpaired) electrons. The van der Waals surface area contributed by atoms with Crippen molar-refractivity contribution in [2.24, 2.45) is 23.5 Å². The molecular formula is C58H84N2O19. The summed E-state index contributed by atoms with van der Waals surface area (Å²) in [5.41, 5.74) is 12.7. The summed E-state index contributed by atoms with van der Waals surface area (Å²) < 4.78 is 23.7. The van der Waals surface area contributed by atoms with Crippen LogP contribution in [0.25, 0.3) is 0 Å². The maximum atomic E-state index is 13.3. The van der Waals surface area contributed by atoms with Crippen LogP contribution in [0.15, 0.2) is 109 Å². The van der Waals surface area contributed by atoms with Crippen LogP contribution in [0.2, 0.25) is 0 Å². The summed E-state index contributed by atoms with van der Waals surface area (Å²) in [5, 5.41) is 119. The Kier molecular flexibility index (Phi) is 27.7. The Morgan fingerprint density at radius 1 is 0.709 bits per heavy atom. The lowest BCUT2D eigenvalue weighted by molar-refractivity contribution is -0.308. The van der Waals surface area contributed by atoms with E-state index in [1.807, 2.05) is 19.9 Å². The normalized spacial score (nSPS) is 35.6. The van der Waals surface area contributed by atoms with Crippen molar-refractivity contribution in [1.82, 2.24) is 0 Å². The number of fused-ring (bicyclic) bond motifs is 2. The summed E-state index contributed by atoms with van der Waals surface area (Å²) in [7, 11) is 0. The summed E-state index contributed by atoms with van der Waals surface area (Å²) in [4.78, 5) is 51.6. The van der Waals surface area contributed by atoms with E-state index in [1.165, 1.54) is 13.0 Å². The van der Waals surface area contributed by atoms with E-state index in [-0.39, 0.29) is 36.9 Å². The van der Waals surface area contributed by atoms with Crippen molar-refractivity contribution in [3.8, 4) is 0 Å². The summed E-state index contributed by atoms with van der Waals surface area (Å²) in [6, 6.07) is 5.21. The minimum atomic E-state index is -2.34. The molecule has 15 N–H and O–H groups in total. The largest absolute Gasteiger partial charge is 0.481 e. The standard InChI is InChI=1S/C58H84N2O19/c1-34-16-14-12-10-8-6-4-5-7-9-11-13-15-17-46(77-57-54(72)52(60)53(71)36(3)76-57)31-49-51(56(73)74)48(69)33-58(75,79-49)32-45(67)28-43(65)26-41(63)24-40(62)25-42(64)27-44(66)30-50(70)78-55(34)35(2)18-23-39(61)29-47(68)37-19-21-38(59)22-20-37/h4-17,19-22,34-36,39-41,43-46,48-49,51-55,57,61-63,65-67,69,71-72,75H,18,23-33,59-60H2,1-3H3,(H,73,74)/t34?,35?,36-,39?,40?,41?,43?,44?,45?,46?,48?,49?,51?,52+,53?,54?,55?,57?,58?/m1/s1. The van der Waals surface area contributed by atoms with E-state index in [0.29, 0.717) is 17.7 Å². The number of ether oxygens (including phenoxy) is 4. The minimum Gasteiger partial charge on any atom is -0.481 e. The predicted molar refractivity (Wildman–Crippen MR) is 290 cm³/mol. The highest BCUT2D eigenvalue weighted by Gasteiger charge is 2.51. The molecule has 2 bridgehead atoms. The third-order valence-electron chi connectivity index (χ3n) is 14.1. The molecule has 4 rings (SSSR count). The fourth-order valence-corrected chi connectivity index (χ4v) is 9.90. The number of nitrogen functional groups attached to an aromatic ring is 1. The second kappa shape index (κ2) is 33.0. The van der Waals surface area contributed by atoms with Crippen molar-refractivity contribution in [3.63, 3.8) is 0 Å². The van der Waals surface area contributed by atoms with Gasteiger partial charge in [-0.15, -0.1) is 0 Å². The lowest BCUT2D eigenvalue weighted by Crippen LogP contribution is -2.61. The molecule has 2 saturated heterocycles. The molecule has 17 unspecified atom stereocenters. The fraction of sp³-hybridized carbons (Fsp3) is 0.586. The average molecular weight is 1110 g/mol. The molecule has 0 aromatic heterocycles. The van der Waals surface area contributed by atoms with E-state index in [0.717, 1.165) is 0 Å². The number of hydrogen-bond donors (Lipinski definition) is 13. The smallest absolute Gasteiger partial charge is 0.311 e. The minimum absolute atomic E-state index is 0.128. The monoisotopic (exact) mass is 1110 g/mol. The molecule has 2 fully saturated rings. The van der Waals surface area contributed by atoms with E-state index >= 15 is 0 Å². The highest BCUT2D eigenvalue weighted by atomic mass is 16.7. The van der Waals surface area contributed by atoms with Gasteiger partial charge in [0, 0.05) is 55.7 Å². The first kappa shape index (κ1) is 66.4. The number of cyclic esters (lactones) is 1. The Morgan fingerprint density at radius 2 is 1.25 bits per heavy atom. The molecule has 3 aliphatic heterocycles. The number of carboxylic acids is 1. The Bertz CT molecular complexity index is 2280. The van der Waals surface area contributed by atoms with Gasteiger partial charge in [-0.05, 0) is 69.2 Å². The molecule has 0 amide bonds. The van der Waals surface area contributed by atoms with Crippen LogP contribution >= 0.6 is 0 Å². The van der Waals surface area contributed by atoms with Crippen LogP contribution in [-0.4, -0.2) is 177 Å². The molecule has 3 aliphatic rings. The lowest BCUT2D eigenvalue weighted by atomic mass is 9.82. The highest BCUT2D eigenvalue weighted by molar-refractivity contribution is 5.96. The van der Waals surface area contributed by atoms with Gasteiger partial charge in [-0.3, -0.25) is 19.2 Å². The topological polar surface area (TPSA) is 380 Å². The van der Waals surface area contributed by atoms with Crippen molar-refractivity contribution in [1.29, 1.82) is 0 Å². The summed E-state index contributed by atoms with van der Waals surface area (Å²) in [6.07, 6.45) is 1.70. The number of rotatable bonds is 10. The second-order valence-corrected chi connectivity index (χ2v) is 21.2. The van der Waals surface area contributed by atoms with E-state index < -0.39 is 172 Å². The SMILES string of the molecule is CC1C=CC=CC=CC=CC=CC=CC=CC(OC2O[C@H](C)C(O)[C@H](N)C2O)CC2OC(O)(CC(O)CC(O)CC(O)CC(O)CC(=O)CC(O)CC(=O)OC1C(C)CCC(O)CC(=O)c1ccc(N)cc1)CC(O)C2C(=O)O. The van der Waals surface area contributed by atoms with Gasteiger partial charge in [0.2, 0.25) is 0 Å². The van der Waals surface area contributed by atoms with Crippen LogP contribution in [0, 0.1) is 17.8 Å². The number of anilines is 1. The number of allylic oxidation sites excluding steroid dienone is 12. The average Bonchev–Trinajstić information content (AvgIpc) is 3.35. The number of aliphatic hydroxyl groups excluding tert-OH is 9. The van der Waals surface area contributed by atoms with Crippen LogP contribution in [0.5, 0.6) is 0 Å². The number of nitrogens with two attached hydrogens (primary N) is 2. The number of ketones is 2. The van der Waals surface area contributed by atoms with Crippen LogP contribution in [0.3, 0.4) is 0 Å². The zero-order valence-corrected chi connectivity index (χ0v) is 45.1. The van der Waals surface area contributed by atoms with Gasteiger partial charge >= 0.3 is 11.9 Å². The van der Waals surface area contributed by atoms with Crippen LogP contribution in [-0.2, 0) is 33.3 Å². The van der Waals surface area contributed by atoms with Gasteiger partial charge in [0.05, 0.1) is 79.6 Å². The van der Waals surface area contributed by atoms with Crippen molar-refractivity contribution in [2.75, 3.05) is 5.73 Å². The molecule has 19 atom stereocenters. The quantitative estimate of drug-likeness (QED) is 0.0908. The number of carboxylic acid groups (broad SMARTS) is 1. The van der Waals surface area contributed by atoms with Crippen LogP contribution in [0.1, 0.15) is 108 Å². The van der Waals surface area contributed by atoms with Gasteiger partial charge in [-0.1, -0.05) is 98.9 Å². The van der Waals surface area contributed by atoms with Gasteiger partial charge < -0.3 is 86.6 Å². The van der Waals surface area contributed by atoms with E-state index in [4.69, 9.17) is 30.4 Å². The van der Waals surface area contributed by atoms with E-state index in [2.05, 4.69) is 0 Å². The van der Waals surface area contributed by atoms with E-state index in [1.54, 1.807) is 97.2 Å². The maximum absolute atomic E-state index is 13.3. The van der Waals surface area contributed by atoms with Crippen molar-refractivity contribution < 1.29 is 94.3 Å². The third-order valence-corrected chi connectivity index (χ3v) is 14.1. The number of aliphatic carboxylic acids is 1. The number of Topliss-reactive ketones (excluding diaryl/α,β-unsaturated/α-hetero) is 2. The number of carbonyl (C=O) groups excluding carboxylic acids is 3. The fourth-order valence-electron chi connectivity index (χ4n) is 9.90. The first-order valence-electron chi connectivity index (χ1n) is 26.9. The molecule has 21 nitrogen and oxygen atoms in total. The van der Waals surface area contributed by atoms with Gasteiger partial charge in [0.15, 0.2) is 17.9 Å². The molecule has 0 spiro atoms. The Labute approximate surface area is 461 Å². The van der Waals surface area contributed by atoms with Crippen molar-refractivity contribution in [3.05, 3.63) is 115 Å². The van der Waals surface area contributed by atoms with Crippen molar-refractivity contribution >= 4 is 29.2 Å². The lowest BCUT2D eigenvalue weighted by Gasteiger charge is -2.45. The predicted octanol–water partition coefficient (Wildman–Crippen LogP) is 2.29. The molecule has 0 saturated carbocycles. The zero-order valence-electron chi connectivity index (χ0n) is 45.1. The summed E-state index contributed by atoms with van der Waals surface area (Å²) >= 11 is 0. The van der Waals surface area contributed by atoms with E-state index in [9.17, 15) is 75.3 Å².